The minimum Gasteiger partial charge on any atom is -0.375 e. The van der Waals surface area contributed by atoms with Crippen molar-refractivity contribution >= 4 is 28.7 Å². The number of nitrogens with one attached hydrogen (secondary N) is 1. The van der Waals surface area contributed by atoms with Gasteiger partial charge in [-0.15, -0.1) is 0 Å². The number of carbonyl (C=O) groups is 1. The first-order chi connectivity index (χ1) is 15.1. The summed E-state index contributed by atoms with van der Waals surface area (Å²) in [5.41, 5.74) is 16.0. The van der Waals surface area contributed by atoms with Crippen LogP contribution in [0.15, 0.2) is 48.5 Å². The number of primary amides is 1. The molecule has 2 aromatic carbocycles. The SMILES string of the molecule is NC(=O)c1cccc2c1nc(N)n2-c1nc2c(c(NCc3ccccc3)n1)CCOC2. The van der Waals surface area contributed by atoms with E-state index in [4.69, 9.17) is 26.2 Å². The van der Waals surface area contributed by atoms with E-state index in [9.17, 15) is 4.79 Å². The van der Waals surface area contributed by atoms with E-state index in [1.54, 1.807) is 16.7 Å². The summed E-state index contributed by atoms with van der Waals surface area (Å²) in [6.07, 6.45) is 0.721. The molecule has 2 aromatic heterocycles. The largest absolute Gasteiger partial charge is 0.375 e. The second-order valence-electron chi connectivity index (χ2n) is 7.28. The van der Waals surface area contributed by atoms with Gasteiger partial charge in [-0.25, -0.2) is 14.5 Å². The number of para-hydroxylation sites is 1. The third kappa shape index (κ3) is 3.44. The van der Waals surface area contributed by atoms with E-state index < -0.39 is 5.91 Å². The van der Waals surface area contributed by atoms with Crippen molar-refractivity contribution in [2.24, 2.45) is 5.73 Å². The van der Waals surface area contributed by atoms with E-state index in [-0.39, 0.29) is 5.95 Å². The van der Waals surface area contributed by atoms with Gasteiger partial charge in [0.15, 0.2) is 0 Å². The molecule has 4 aromatic rings. The smallest absolute Gasteiger partial charge is 0.250 e. The first kappa shape index (κ1) is 19.0. The van der Waals surface area contributed by atoms with E-state index in [0.29, 0.717) is 42.3 Å². The zero-order valence-corrected chi connectivity index (χ0v) is 16.7. The second-order valence-corrected chi connectivity index (χ2v) is 7.28. The van der Waals surface area contributed by atoms with Crippen LogP contribution in [0.1, 0.15) is 27.2 Å². The van der Waals surface area contributed by atoms with Crippen LogP contribution in [0, 0.1) is 0 Å². The van der Waals surface area contributed by atoms with Crippen LogP contribution in [0.2, 0.25) is 0 Å². The van der Waals surface area contributed by atoms with Crippen LogP contribution in [-0.2, 0) is 24.3 Å². The van der Waals surface area contributed by atoms with Gasteiger partial charge in [-0.1, -0.05) is 36.4 Å². The molecule has 1 aliphatic rings. The lowest BCUT2D eigenvalue weighted by atomic mass is 10.1. The Balaban J connectivity index is 1.62. The predicted octanol–water partition coefficient (Wildman–Crippen LogP) is 2.18. The van der Waals surface area contributed by atoms with E-state index >= 15 is 0 Å². The minimum atomic E-state index is -0.569. The van der Waals surface area contributed by atoms with Gasteiger partial charge in [-0.05, 0) is 17.7 Å². The van der Waals surface area contributed by atoms with Gasteiger partial charge < -0.3 is 21.5 Å². The lowest BCUT2D eigenvalue weighted by Crippen LogP contribution is -2.19. The Morgan fingerprint density at radius 1 is 1.10 bits per heavy atom. The number of benzene rings is 2. The Kier molecular flexibility index (Phi) is 4.72. The van der Waals surface area contributed by atoms with Crippen molar-refractivity contribution in [3.8, 4) is 5.95 Å². The van der Waals surface area contributed by atoms with Crippen molar-refractivity contribution in [3.05, 3.63) is 70.9 Å². The van der Waals surface area contributed by atoms with Gasteiger partial charge in [0.1, 0.15) is 11.3 Å². The Hall–Kier alpha value is -3.98. The van der Waals surface area contributed by atoms with Crippen molar-refractivity contribution in [2.45, 2.75) is 19.6 Å². The second kappa shape index (κ2) is 7.69. The number of carbonyl (C=O) groups excluding carboxylic acids is 1. The number of hydrogen-bond donors (Lipinski definition) is 3. The quantitative estimate of drug-likeness (QED) is 0.455. The van der Waals surface area contributed by atoms with Crippen LogP contribution >= 0.6 is 0 Å². The molecule has 0 saturated carbocycles. The van der Waals surface area contributed by atoms with Gasteiger partial charge in [0.2, 0.25) is 11.9 Å². The number of imidazole rings is 1. The molecular weight excluding hydrogens is 394 g/mol. The molecule has 0 atom stereocenters. The molecule has 0 fully saturated rings. The molecule has 1 amide bonds. The standard InChI is InChI=1S/C22H21N7O2/c23-19(30)15-7-4-8-17-18(15)27-21(24)29(17)22-26-16-12-31-10-9-14(16)20(28-22)25-11-13-5-2-1-3-6-13/h1-8H,9-12H2,(H2,23,30)(H2,24,27)(H,25,26,28). The molecule has 156 valence electrons. The Morgan fingerprint density at radius 2 is 1.94 bits per heavy atom. The number of ether oxygens (including phenoxy) is 1. The lowest BCUT2D eigenvalue weighted by Gasteiger charge is -2.20. The van der Waals surface area contributed by atoms with Gasteiger partial charge in [0.25, 0.3) is 5.91 Å². The lowest BCUT2D eigenvalue weighted by molar-refractivity contribution is 0.100. The summed E-state index contributed by atoms with van der Waals surface area (Å²) in [5, 5.41) is 3.43. The molecule has 0 unspecified atom stereocenters. The number of fused-ring (bicyclic) bond motifs is 2. The van der Waals surface area contributed by atoms with E-state index in [1.165, 1.54) is 0 Å². The number of amides is 1. The highest BCUT2D eigenvalue weighted by molar-refractivity contribution is 6.04. The predicted molar refractivity (Wildman–Crippen MR) is 117 cm³/mol. The fraction of sp³-hybridized carbons (Fsp3) is 0.182. The van der Waals surface area contributed by atoms with Crippen LogP contribution in [0.4, 0.5) is 11.8 Å². The Labute approximate surface area is 178 Å². The first-order valence-electron chi connectivity index (χ1n) is 9.94. The fourth-order valence-corrected chi connectivity index (χ4v) is 3.80. The van der Waals surface area contributed by atoms with Crippen LogP contribution in [0.25, 0.3) is 17.0 Å². The molecule has 0 bridgehead atoms. The van der Waals surface area contributed by atoms with Crippen molar-refractivity contribution in [1.82, 2.24) is 19.5 Å². The maximum Gasteiger partial charge on any atom is 0.250 e. The monoisotopic (exact) mass is 415 g/mol. The molecular formula is C22H21N7O2. The van der Waals surface area contributed by atoms with Crippen molar-refractivity contribution in [3.63, 3.8) is 0 Å². The summed E-state index contributed by atoms with van der Waals surface area (Å²) in [7, 11) is 0. The minimum absolute atomic E-state index is 0.175. The summed E-state index contributed by atoms with van der Waals surface area (Å²) < 4.78 is 7.25. The van der Waals surface area contributed by atoms with Crippen LogP contribution < -0.4 is 16.8 Å². The summed E-state index contributed by atoms with van der Waals surface area (Å²) in [6.45, 7) is 1.63. The van der Waals surface area contributed by atoms with Crippen LogP contribution in [0.5, 0.6) is 0 Å². The molecule has 5 rings (SSSR count). The molecule has 1 aliphatic heterocycles. The van der Waals surface area contributed by atoms with Crippen LogP contribution in [-0.4, -0.2) is 32.0 Å². The number of nitrogen functional groups attached to an aromatic ring is 1. The summed E-state index contributed by atoms with van der Waals surface area (Å²) in [5.74, 6) is 0.704. The normalized spacial score (nSPS) is 13.2. The summed E-state index contributed by atoms with van der Waals surface area (Å²) in [4.78, 5) is 25.7. The van der Waals surface area contributed by atoms with Gasteiger partial charge in [0, 0.05) is 18.5 Å². The van der Waals surface area contributed by atoms with Crippen molar-refractivity contribution in [2.75, 3.05) is 17.7 Å². The average Bonchev–Trinajstić information content (AvgIpc) is 3.13. The fourth-order valence-electron chi connectivity index (χ4n) is 3.80. The molecule has 0 radical (unpaired) electrons. The number of nitrogens with zero attached hydrogens (tertiary/aromatic N) is 4. The number of anilines is 2. The maximum atomic E-state index is 11.8. The third-order valence-electron chi connectivity index (χ3n) is 5.30. The molecule has 0 spiro atoms. The van der Waals surface area contributed by atoms with Crippen molar-refractivity contribution in [1.29, 1.82) is 0 Å². The topological polar surface area (TPSA) is 134 Å². The van der Waals surface area contributed by atoms with E-state index in [2.05, 4.69) is 22.4 Å². The Bertz CT molecular complexity index is 1280. The van der Waals surface area contributed by atoms with Gasteiger partial charge >= 0.3 is 0 Å². The number of nitrogens with two attached hydrogens (primary N) is 2. The molecule has 9 nitrogen and oxygen atoms in total. The summed E-state index contributed by atoms with van der Waals surface area (Å²) >= 11 is 0. The Morgan fingerprint density at radius 3 is 2.74 bits per heavy atom. The molecule has 9 heteroatoms. The molecule has 5 N–H and O–H groups in total. The zero-order valence-electron chi connectivity index (χ0n) is 16.7. The first-order valence-corrected chi connectivity index (χ1v) is 9.94. The van der Waals surface area contributed by atoms with Gasteiger partial charge in [-0.3, -0.25) is 4.79 Å². The number of hydrogen-bond acceptors (Lipinski definition) is 7. The van der Waals surface area contributed by atoms with E-state index in [0.717, 1.165) is 29.1 Å². The third-order valence-corrected chi connectivity index (χ3v) is 5.30. The highest BCUT2D eigenvalue weighted by Gasteiger charge is 2.22. The molecule has 0 aliphatic carbocycles. The maximum absolute atomic E-state index is 11.8. The number of rotatable bonds is 5. The number of aromatic nitrogens is 4. The molecule has 0 saturated heterocycles. The molecule has 31 heavy (non-hydrogen) atoms. The van der Waals surface area contributed by atoms with E-state index in [1.807, 2.05) is 24.3 Å². The van der Waals surface area contributed by atoms with Crippen molar-refractivity contribution < 1.29 is 9.53 Å². The summed E-state index contributed by atoms with van der Waals surface area (Å²) in [6, 6.07) is 15.3. The average molecular weight is 415 g/mol. The highest BCUT2D eigenvalue weighted by Crippen LogP contribution is 2.28. The molecule has 3 heterocycles. The zero-order chi connectivity index (χ0) is 21.4. The van der Waals surface area contributed by atoms with Crippen LogP contribution in [0.3, 0.4) is 0 Å². The van der Waals surface area contributed by atoms with Gasteiger partial charge in [-0.2, -0.15) is 4.98 Å². The van der Waals surface area contributed by atoms with Gasteiger partial charge in [0.05, 0.1) is 30.0 Å². The highest BCUT2D eigenvalue weighted by atomic mass is 16.5.